The van der Waals surface area contributed by atoms with Crippen molar-refractivity contribution in [2.75, 3.05) is 6.54 Å². The third-order valence-corrected chi connectivity index (χ3v) is 1.99. The van der Waals surface area contributed by atoms with Gasteiger partial charge in [0.15, 0.2) is 0 Å². The largest absolute Gasteiger partial charge is 0.488 e. The second-order valence-corrected chi connectivity index (χ2v) is 4.63. The molecule has 4 heteroatoms. The van der Waals surface area contributed by atoms with E-state index >= 15 is 0 Å². The molecule has 0 radical (unpaired) electrons. The zero-order valence-corrected chi connectivity index (χ0v) is 10.9. The van der Waals surface area contributed by atoms with Crippen molar-refractivity contribution in [1.29, 1.82) is 0 Å². The van der Waals surface area contributed by atoms with Gasteiger partial charge in [-0.15, -0.1) is 12.4 Å². The third-order valence-electron chi connectivity index (χ3n) is 1.99. The van der Waals surface area contributed by atoms with E-state index in [2.05, 4.69) is 0 Å². The lowest BCUT2D eigenvalue weighted by molar-refractivity contribution is 0.131. The lowest BCUT2D eigenvalue weighted by Crippen LogP contribution is -2.23. The van der Waals surface area contributed by atoms with Crippen LogP contribution in [0.3, 0.4) is 0 Å². The lowest BCUT2D eigenvalue weighted by atomic mass is 10.1. The van der Waals surface area contributed by atoms with Gasteiger partial charge in [-0.3, -0.25) is 0 Å². The van der Waals surface area contributed by atoms with Gasteiger partial charge in [-0.25, -0.2) is 0 Å². The van der Waals surface area contributed by atoms with Gasteiger partial charge >= 0.3 is 0 Å². The first-order chi connectivity index (χ1) is 6.92. The molecule has 1 rings (SSSR count). The molecule has 0 aliphatic rings. The molecular formula is C12H21ClN2O. The van der Waals surface area contributed by atoms with E-state index in [1.807, 2.05) is 45.0 Å². The van der Waals surface area contributed by atoms with Crippen LogP contribution in [0.15, 0.2) is 24.3 Å². The average molecular weight is 245 g/mol. The van der Waals surface area contributed by atoms with Crippen molar-refractivity contribution in [2.24, 2.45) is 11.5 Å². The SMILES string of the molecule is CC(C)(C)Oc1ccc([C@@H](N)CN)cc1.Cl. The van der Waals surface area contributed by atoms with Crippen LogP contribution in [0.1, 0.15) is 32.4 Å². The molecule has 92 valence electrons. The lowest BCUT2D eigenvalue weighted by Gasteiger charge is -2.21. The van der Waals surface area contributed by atoms with Crippen molar-refractivity contribution in [3.8, 4) is 5.75 Å². The summed E-state index contributed by atoms with van der Waals surface area (Å²) in [6.07, 6.45) is 0. The van der Waals surface area contributed by atoms with Crippen LogP contribution in [0.4, 0.5) is 0 Å². The molecule has 0 saturated carbocycles. The van der Waals surface area contributed by atoms with E-state index in [1.165, 1.54) is 0 Å². The van der Waals surface area contributed by atoms with Crippen LogP contribution in [0.25, 0.3) is 0 Å². The number of rotatable bonds is 3. The minimum Gasteiger partial charge on any atom is -0.488 e. The third kappa shape index (κ3) is 4.84. The molecule has 0 aliphatic heterocycles. The fourth-order valence-corrected chi connectivity index (χ4v) is 1.27. The summed E-state index contributed by atoms with van der Waals surface area (Å²) in [5.74, 6) is 0.857. The standard InChI is InChI=1S/C12H20N2O.ClH/c1-12(2,3)15-10-6-4-9(5-7-10)11(14)8-13;/h4-7,11H,8,13-14H2,1-3H3;1H/t11-;/m0./s1. The topological polar surface area (TPSA) is 61.3 Å². The normalized spacial score (nSPS) is 12.8. The van der Waals surface area contributed by atoms with Crippen molar-refractivity contribution in [1.82, 2.24) is 0 Å². The Morgan fingerprint density at radius 2 is 1.69 bits per heavy atom. The van der Waals surface area contributed by atoms with Crippen LogP contribution in [0.5, 0.6) is 5.75 Å². The van der Waals surface area contributed by atoms with E-state index in [1.54, 1.807) is 0 Å². The minimum absolute atomic E-state index is 0. The summed E-state index contributed by atoms with van der Waals surface area (Å²) in [7, 11) is 0. The van der Waals surface area contributed by atoms with Gasteiger partial charge in [0.2, 0.25) is 0 Å². The molecule has 1 aromatic rings. The zero-order chi connectivity index (χ0) is 11.5. The maximum atomic E-state index is 5.81. The molecule has 0 bridgehead atoms. The Balaban J connectivity index is 0.00000225. The minimum atomic E-state index is -0.169. The summed E-state index contributed by atoms with van der Waals surface area (Å²) in [6, 6.07) is 7.68. The first-order valence-corrected chi connectivity index (χ1v) is 5.17. The highest BCUT2D eigenvalue weighted by molar-refractivity contribution is 5.85. The Hall–Kier alpha value is -0.770. The molecule has 0 amide bonds. The van der Waals surface area contributed by atoms with E-state index < -0.39 is 0 Å². The fraction of sp³-hybridized carbons (Fsp3) is 0.500. The molecule has 0 unspecified atom stereocenters. The van der Waals surface area contributed by atoms with E-state index in [0.717, 1.165) is 11.3 Å². The number of halogens is 1. The summed E-state index contributed by atoms with van der Waals surface area (Å²) >= 11 is 0. The van der Waals surface area contributed by atoms with Crippen molar-refractivity contribution < 1.29 is 4.74 Å². The summed E-state index contributed by atoms with van der Waals surface area (Å²) < 4.78 is 5.70. The Kier molecular flexibility index (Phi) is 5.79. The van der Waals surface area contributed by atoms with Crippen molar-refractivity contribution in [3.05, 3.63) is 29.8 Å². The van der Waals surface area contributed by atoms with Crippen LogP contribution in [-0.2, 0) is 0 Å². The quantitative estimate of drug-likeness (QED) is 0.857. The predicted octanol–water partition coefficient (Wildman–Crippen LogP) is 2.24. The summed E-state index contributed by atoms with van der Waals surface area (Å²) in [6.45, 7) is 6.52. The van der Waals surface area contributed by atoms with E-state index in [4.69, 9.17) is 16.2 Å². The van der Waals surface area contributed by atoms with Crippen molar-refractivity contribution >= 4 is 12.4 Å². The number of hydrogen-bond donors (Lipinski definition) is 2. The summed E-state index contributed by atoms with van der Waals surface area (Å²) in [5.41, 5.74) is 12.2. The average Bonchev–Trinajstić information content (AvgIpc) is 2.15. The van der Waals surface area contributed by atoms with Gasteiger partial charge in [0.25, 0.3) is 0 Å². The highest BCUT2D eigenvalue weighted by atomic mass is 35.5. The summed E-state index contributed by atoms with van der Waals surface area (Å²) in [4.78, 5) is 0. The van der Waals surface area contributed by atoms with Crippen LogP contribution < -0.4 is 16.2 Å². The summed E-state index contributed by atoms with van der Waals surface area (Å²) in [5, 5.41) is 0. The fourth-order valence-electron chi connectivity index (χ4n) is 1.27. The van der Waals surface area contributed by atoms with Crippen LogP contribution in [0, 0.1) is 0 Å². The number of nitrogens with two attached hydrogens (primary N) is 2. The highest BCUT2D eigenvalue weighted by Gasteiger charge is 2.11. The van der Waals surface area contributed by atoms with Crippen molar-refractivity contribution in [2.45, 2.75) is 32.4 Å². The first-order valence-electron chi connectivity index (χ1n) is 5.17. The van der Waals surface area contributed by atoms with E-state index in [9.17, 15) is 0 Å². The first kappa shape index (κ1) is 15.2. The second kappa shape index (κ2) is 6.09. The number of hydrogen-bond acceptors (Lipinski definition) is 3. The smallest absolute Gasteiger partial charge is 0.120 e. The molecule has 0 aromatic heterocycles. The Morgan fingerprint density at radius 1 is 1.19 bits per heavy atom. The molecule has 0 heterocycles. The molecule has 16 heavy (non-hydrogen) atoms. The molecular weight excluding hydrogens is 224 g/mol. The van der Waals surface area contributed by atoms with Crippen LogP contribution in [0.2, 0.25) is 0 Å². The van der Waals surface area contributed by atoms with E-state index in [-0.39, 0.29) is 24.0 Å². The van der Waals surface area contributed by atoms with Gasteiger partial charge in [-0.1, -0.05) is 12.1 Å². The molecule has 1 atom stereocenters. The molecule has 0 fully saturated rings. The van der Waals surface area contributed by atoms with Crippen LogP contribution in [-0.4, -0.2) is 12.1 Å². The van der Waals surface area contributed by atoms with Gasteiger partial charge in [-0.2, -0.15) is 0 Å². The number of benzene rings is 1. The molecule has 3 nitrogen and oxygen atoms in total. The second-order valence-electron chi connectivity index (χ2n) is 4.63. The van der Waals surface area contributed by atoms with Crippen LogP contribution >= 0.6 is 12.4 Å². The zero-order valence-electron chi connectivity index (χ0n) is 10.1. The molecule has 0 spiro atoms. The Morgan fingerprint density at radius 3 is 2.06 bits per heavy atom. The maximum Gasteiger partial charge on any atom is 0.120 e. The predicted molar refractivity (Wildman–Crippen MR) is 70.1 cm³/mol. The number of ether oxygens (including phenoxy) is 1. The molecule has 1 aromatic carbocycles. The maximum absolute atomic E-state index is 5.81. The van der Waals surface area contributed by atoms with E-state index in [0.29, 0.717) is 6.54 Å². The highest BCUT2D eigenvalue weighted by Crippen LogP contribution is 2.20. The van der Waals surface area contributed by atoms with Gasteiger partial charge < -0.3 is 16.2 Å². The van der Waals surface area contributed by atoms with Gasteiger partial charge in [0.05, 0.1) is 0 Å². The van der Waals surface area contributed by atoms with Crippen molar-refractivity contribution in [3.63, 3.8) is 0 Å². The van der Waals surface area contributed by atoms with Gasteiger partial charge in [0.1, 0.15) is 11.4 Å². The molecule has 0 saturated heterocycles. The monoisotopic (exact) mass is 244 g/mol. The van der Waals surface area contributed by atoms with Gasteiger partial charge in [0, 0.05) is 12.6 Å². The molecule has 4 N–H and O–H groups in total. The molecule has 0 aliphatic carbocycles. The van der Waals surface area contributed by atoms with Gasteiger partial charge in [-0.05, 0) is 38.5 Å². The Labute approximate surface area is 104 Å². The Bertz CT molecular complexity index is 306.